The van der Waals surface area contributed by atoms with Gasteiger partial charge >= 0.3 is 0 Å². The highest BCUT2D eigenvalue weighted by atomic mass is 35.5. The van der Waals surface area contributed by atoms with E-state index in [1.165, 1.54) is 0 Å². The summed E-state index contributed by atoms with van der Waals surface area (Å²) in [6, 6.07) is 0. The van der Waals surface area contributed by atoms with Crippen LogP contribution in [0, 0.1) is 5.92 Å². The lowest BCUT2D eigenvalue weighted by Crippen LogP contribution is -2.46. The fraction of sp³-hybridized carbons (Fsp3) is 0.900. The number of hydrogen-bond acceptors (Lipinski definition) is 2. The van der Waals surface area contributed by atoms with Gasteiger partial charge in [0, 0.05) is 12.1 Å². The Bertz CT molecular complexity index is 189. The largest absolute Gasteiger partial charge is 0.351 e. The van der Waals surface area contributed by atoms with E-state index in [0.717, 1.165) is 25.9 Å². The molecule has 0 unspecified atom stereocenters. The molecule has 0 aromatic heterocycles. The first-order valence-corrected chi connectivity index (χ1v) is 5.08. The third-order valence-corrected chi connectivity index (χ3v) is 2.78. The molecule has 1 aliphatic heterocycles. The van der Waals surface area contributed by atoms with E-state index in [2.05, 4.69) is 31.4 Å². The molecule has 14 heavy (non-hydrogen) atoms. The molecule has 0 spiro atoms. The Labute approximate surface area is 92.4 Å². The van der Waals surface area contributed by atoms with E-state index in [4.69, 9.17) is 0 Å². The number of halogens is 1. The molecule has 1 amide bonds. The van der Waals surface area contributed by atoms with Crippen molar-refractivity contribution in [2.45, 2.75) is 39.2 Å². The van der Waals surface area contributed by atoms with Crippen LogP contribution in [-0.4, -0.2) is 24.5 Å². The highest BCUT2D eigenvalue weighted by Gasteiger charge is 2.26. The van der Waals surface area contributed by atoms with Gasteiger partial charge in [0.15, 0.2) is 0 Å². The third kappa shape index (κ3) is 3.84. The molecule has 3 nitrogen and oxygen atoms in total. The SMILES string of the molecule is CCC(C)(C)NC(=O)[C@H]1CCNC1.Cl. The maximum absolute atomic E-state index is 11.7. The topological polar surface area (TPSA) is 41.1 Å². The molecule has 4 heteroatoms. The van der Waals surface area contributed by atoms with Gasteiger partial charge in [-0.1, -0.05) is 6.92 Å². The lowest BCUT2D eigenvalue weighted by atomic mass is 9.99. The molecule has 0 saturated carbocycles. The lowest BCUT2D eigenvalue weighted by molar-refractivity contribution is -0.126. The van der Waals surface area contributed by atoms with Crippen molar-refractivity contribution in [1.29, 1.82) is 0 Å². The van der Waals surface area contributed by atoms with Gasteiger partial charge in [0.2, 0.25) is 5.91 Å². The zero-order valence-corrected chi connectivity index (χ0v) is 10.0. The summed E-state index contributed by atoms with van der Waals surface area (Å²) >= 11 is 0. The summed E-state index contributed by atoms with van der Waals surface area (Å²) < 4.78 is 0. The Morgan fingerprint density at radius 1 is 1.57 bits per heavy atom. The molecule has 1 saturated heterocycles. The Morgan fingerprint density at radius 2 is 2.21 bits per heavy atom. The van der Waals surface area contributed by atoms with Crippen molar-refractivity contribution in [2.24, 2.45) is 5.92 Å². The van der Waals surface area contributed by atoms with E-state index in [1.54, 1.807) is 0 Å². The smallest absolute Gasteiger partial charge is 0.224 e. The van der Waals surface area contributed by atoms with E-state index >= 15 is 0 Å². The summed E-state index contributed by atoms with van der Waals surface area (Å²) in [5.74, 6) is 0.391. The van der Waals surface area contributed by atoms with Gasteiger partial charge in [0.1, 0.15) is 0 Å². The van der Waals surface area contributed by atoms with Gasteiger partial charge in [-0.05, 0) is 33.2 Å². The first-order valence-electron chi connectivity index (χ1n) is 5.08. The molecule has 0 radical (unpaired) electrons. The molecule has 0 aliphatic carbocycles. The summed E-state index contributed by atoms with van der Waals surface area (Å²) in [6.07, 6.45) is 1.95. The number of carbonyl (C=O) groups excluding carboxylic acids is 1. The Morgan fingerprint density at radius 3 is 2.64 bits per heavy atom. The van der Waals surface area contributed by atoms with Crippen molar-refractivity contribution in [3.8, 4) is 0 Å². The van der Waals surface area contributed by atoms with Crippen LogP contribution in [-0.2, 0) is 4.79 Å². The molecule has 0 aromatic rings. The number of hydrogen-bond donors (Lipinski definition) is 2. The van der Waals surface area contributed by atoms with Crippen LogP contribution >= 0.6 is 12.4 Å². The van der Waals surface area contributed by atoms with E-state index < -0.39 is 0 Å². The van der Waals surface area contributed by atoms with Gasteiger partial charge in [-0.3, -0.25) is 4.79 Å². The number of carbonyl (C=O) groups is 1. The maximum Gasteiger partial charge on any atom is 0.224 e. The molecule has 0 aromatic carbocycles. The molecule has 84 valence electrons. The third-order valence-electron chi connectivity index (χ3n) is 2.78. The zero-order chi connectivity index (χ0) is 9.90. The molecule has 1 heterocycles. The average Bonchev–Trinajstić information content (AvgIpc) is 2.55. The van der Waals surface area contributed by atoms with Crippen molar-refractivity contribution in [1.82, 2.24) is 10.6 Å². The Balaban J connectivity index is 0.00000169. The molecule has 1 atom stereocenters. The second kappa shape index (κ2) is 5.56. The van der Waals surface area contributed by atoms with Crippen molar-refractivity contribution < 1.29 is 4.79 Å². The summed E-state index contributed by atoms with van der Waals surface area (Å²) in [6.45, 7) is 8.03. The number of nitrogens with one attached hydrogen (secondary N) is 2. The quantitative estimate of drug-likeness (QED) is 0.754. The van der Waals surface area contributed by atoms with Crippen LogP contribution < -0.4 is 10.6 Å². The molecule has 2 N–H and O–H groups in total. The molecule has 1 rings (SSSR count). The fourth-order valence-electron chi connectivity index (χ4n) is 1.40. The molecule has 1 fully saturated rings. The minimum Gasteiger partial charge on any atom is -0.351 e. The second-order valence-corrected chi connectivity index (χ2v) is 4.42. The molecule has 0 bridgehead atoms. The van der Waals surface area contributed by atoms with E-state index in [9.17, 15) is 4.79 Å². The summed E-state index contributed by atoms with van der Waals surface area (Å²) in [5, 5.41) is 6.27. The summed E-state index contributed by atoms with van der Waals surface area (Å²) in [4.78, 5) is 11.7. The minimum absolute atomic E-state index is 0. The monoisotopic (exact) mass is 220 g/mol. The van der Waals surface area contributed by atoms with Crippen molar-refractivity contribution >= 4 is 18.3 Å². The number of amides is 1. The van der Waals surface area contributed by atoms with Crippen molar-refractivity contribution in [3.05, 3.63) is 0 Å². The predicted molar refractivity (Wildman–Crippen MR) is 60.7 cm³/mol. The molecular formula is C10H21ClN2O. The fourth-order valence-corrected chi connectivity index (χ4v) is 1.40. The summed E-state index contributed by atoms with van der Waals surface area (Å²) in [5.41, 5.74) is -0.0559. The highest BCUT2D eigenvalue weighted by molar-refractivity contribution is 5.85. The lowest BCUT2D eigenvalue weighted by Gasteiger charge is -2.26. The van der Waals surface area contributed by atoms with Crippen LogP contribution in [0.15, 0.2) is 0 Å². The van der Waals surface area contributed by atoms with Crippen molar-refractivity contribution in [3.63, 3.8) is 0 Å². The second-order valence-electron chi connectivity index (χ2n) is 4.42. The van der Waals surface area contributed by atoms with Crippen LogP contribution in [0.3, 0.4) is 0 Å². The van der Waals surface area contributed by atoms with E-state index in [0.29, 0.717) is 0 Å². The van der Waals surface area contributed by atoms with Crippen LogP contribution in [0.4, 0.5) is 0 Å². The van der Waals surface area contributed by atoms with Crippen LogP contribution in [0.2, 0.25) is 0 Å². The molecular weight excluding hydrogens is 200 g/mol. The van der Waals surface area contributed by atoms with Gasteiger partial charge in [-0.25, -0.2) is 0 Å². The van der Waals surface area contributed by atoms with Gasteiger partial charge in [-0.15, -0.1) is 12.4 Å². The average molecular weight is 221 g/mol. The molecule has 1 aliphatic rings. The van der Waals surface area contributed by atoms with Gasteiger partial charge in [-0.2, -0.15) is 0 Å². The standard InChI is InChI=1S/C10H20N2O.ClH/c1-4-10(2,3)12-9(13)8-5-6-11-7-8;/h8,11H,4-7H2,1-3H3,(H,12,13);1H/t8-;/m0./s1. The Kier molecular flexibility index (Phi) is 5.45. The Hall–Kier alpha value is -0.280. The van der Waals surface area contributed by atoms with Crippen molar-refractivity contribution in [2.75, 3.05) is 13.1 Å². The van der Waals surface area contributed by atoms with Gasteiger partial charge in [0.05, 0.1) is 5.92 Å². The van der Waals surface area contributed by atoms with Crippen LogP contribution in [0.25, 0.3) is 0 Å². The first-order chi connectivity index (χ1) is 6.05. The van der Waals surface area contributed by atoms with Gasteiger partial charge in [0.25, 0.3) is 0 Å². The number of rotatable bonds is 3. The van der Waals surface area contributed by atoms with Gasteiger partial charge < -0.3 is 10.6 Å². The minimum atomic E-state index is -0.0559. The zero-order valence-electron chi connectivity index (χ0n) is 9.22. The van der Waals surface area contributed by atoms with E-state index in [-0.39, 0.29) is 29.8 Å². The normalized spacial score (nSPS) is 21.5. The van der Waals surface area contributed by atoms with Crippen LogP contribution in [0.5, 0.6) is 0 Å². The maximum atomic E-state index is 11.7. The van der Waals surface area contributed by atoms with E-state index in [1.807, 2.05) is 0 Å². The highest BCUT2D eigenvalue weighted by Crippen LogP contribution is 2.12. The first kappa shape index (κ1) is 13.7. The van der Waals surface area contributed by atoms with Crippen LogP contribution in [0.1, 0.15) is 33.6 Å². The summed E-state index contributed by atoms with van der Waals surface area (Å²) in [7, 11) is 0. The predicted octanol–water partition coefficient (Wildman–Crippen LogP) is 1.32.